The van der Waals surface area contributed by atoms with Crippen molar-refractivity contribution in [3.63, 3.8) is 0 Å². The molecule has 0 N–H and O–H groups in total. The second kappa shape index (κ2) is 34.0. The summed E-state index contributed by atoms with van der Waals surface area (Å²) < 4.78 is 14.6. The molecular weight excluding hydrogens is 1670 g/mol. The van der Waals surface area contributed by atoms with Gasteiger partial charge in [0.25, 0.3) is 0 Å². The van der Waals surface area contributed by atoms with Crippen molar-refractivity contribution in [3.8, 4) is 112 Å². The zero-order valence-corrected chi connectivity index (χ0v) is 75.5. The third-order valence-electron chi connectivity index (χ3n) is 28.0. The van der Waals surface area contributed by atoms with Gasteiger partial charge in [-0.15, -0.1) is 0 Å². The number of nitrogens with zero attached hydrogens (tertiary/aromatic N) is 6. The number of hydrogen-bond acceptors (Lipinski definition) is 0. The number of para-hydroxylation sites is 11. The predicted molar refractivity (Wildman–Crippen MR) is 583 cm³/mol. The van der Waals surface area contributed by atoms with E-state index in [-0.39, 0.29) is 0 Å². The van der Waals surface area contributed by atoms with Crippen LogP contribution < -0.4 is 0 Å². The molecule has 0 aliphatic heterocycles. The van der Waals surface area contributed by atoms with Crippen molar-refractivity contribution in [2.24, 2.45) is 0 Å². The first kappa shape index (κ1) is 80.5. The number of rotatable bonds is 13. The summed E-state index contributed by atoms with van der Waals surface area (Å²) >= 11 is 0. The van der Waals surface area contributed by atoms with Crippen molar-refractivity contribution in [3.05, 3.63) is 534 Å². The normalized spacial score (nSPS) is 11.6. The van der Waals surface area contributed by atoms with E-state index in [9.17, 15) is 0 Å². The quantitative estimate of drug-likeness (QED) is 0.110. The van der Waals surface area contributed by atoms with Crippen LogP contribution in [0, 0.1) is 0 Å². The van der Waals surface area contributed by atoms with Crippen LogP contribution >= 0.6 is 0 Å². The van der Waals surface area contributed by atoms with Crippen LogP contribution in [-0.4, -0.2) is 27.4 Å². The Balaban J connectivity index is 0.000000107. The maximum absolute atomic E-state index is 2.47. The van der Waals surface area contributed by atoms with Crippen molar-refractivity contribution in [2.45, 2.75) is 0 Å². The lowest BCUT2D eigenvalue weighted by molar-refractivity contribution is 1.18. The van der Waals surface area contributed by atoms with Gasteiger partial charge >= 0.3 is 0 Å². The van der Waals surface area contributed by atoms with E-state index in [1.807, 2.05) is 0 Å². The van der Waals surface area contributed by atoms with Crippen LogP contribution in [0.2, 0.25) is 0 Å². The second-order valence-electron chi connectivity index (χ2n) is 35.6. The van der Waals surface area contributed by atoms with Crippen molar-refractivity contribution in [2.75, 3.05) is 0 Å². The molecule has 0 saturated heterocycles. The summed E-state index contributed by atoms with van der Waals surface area (Å²) in [6.45, 7) is 0. The van der Waals surface area contributed by atoms with E-state index in [0.29, 0.717) is 0 Å². The largest absolute Gasteiger partial charge is 0.309 e. The Labute approximate surface area is 798 Å². The molecule has 0 saturated carbocycles. The summed E-state index contributed by atoms with van der Waals surface area (Å²) in [5.41, 5.74) is 38.6. The molecule has 0 fully saturated rings. The Morgan fingerprint density at radius 3 is 0.601 bits per heavy atom. The van der Waals surface area contributed by atoms with E-state index in [1.54, 1.807) is 0 Å². The molecule has 0 aliphatic carbocycles. The molecule has 138 heavy (non-hydrogen) atoms. The van der Waals surface area contributed by atoms with E-state index in [4.69, 9.17) is 0 Å². The van der Waals surface area contributed by atoms with E-state index < -0.39 is 0 Å². The smallest absolute Gasteiger partial charge is 0.0619 e. The molecule has 646 valence electrons. The Morgan fingerprint density at radius 1 is 0.101 bits per heavy atom. The fraction of sp³-hybridized carbons (Fsp3) is 0. The molecule has 6 heterocycles. The highest BCUT2D eigenvalue weighted by molar-refractivity contribution is 6.25. The summed E-state index contributed by atoms with van der Waals surface area (Å²) in [5.74, 6) is 0. The molecule has 6 nitrogen and oxygen atoms in total. The summed E-state index contributed by atoms with van der Waals surface area (Å²) in [7, 11) is 0. The van der Waals surface area contributed by atoms with E-state index in [0.717, 1.165) is 22.7 Å². The molecule has 0 unspecified atom stereocenters. The summed E-state index contributed by atoms with van der Waals surface area (Å²) in [6.07, 6.45) is 0. The zero-order valence-electron chi connectivity index (χ0n) is 75.5. The van der Waals surface area contributed by atoms with Gasteiger partial charge in [-0.1, -0.05) is 406 Å². The molecule has 0 spiro atoms. The van der Waals surface area contributed by atoms with Gasteiger partial charge in [-0.05, 0) is 189 Å². The first-order chi connectivity index (χ1) is 68.6. The molecule has 28 aromatic rings. The van der Waals surface area contributed by atoms with Gasteiger partial charge in [0.05, 0.1) is 66.2 Å². The Bertz CT molecular complexity index is 9530. The molecule has 0 amide bonds. The average Bonchev–Trinajstić information content (AvgIpc) is 1.57. The van der Waals surface area contributed by atoms with Crippen LogP contribution in [0.15, 0.2) is 534 Å². The van der Waals surface area contributed by atoms with Gasteiger partial charge in [0.1, 0.15) is 0 Å². The molecule has 0 aliphatic rings. The standard InChI is InChI=1S/C48H32N2.2C42H28N2/c1-3-14-33(15-4-1)35-28-30-37(31-29-35)49-45-26-10-8-21-43(45)47-40(22-13-27-46(47)49)42-24-12-23-41-39-20-7-9-25-44(39)50(48(41)42)38-19-11-18-36(32-38)34-16-5-2-6-17-34;1-3-14-29(15-4-1)30-16-11-19-32(28-30)44-38-25-9-7-20-33(38)35-23-12-24-36(42(35)44)34-22-13-27-40-41(34)37-21-8-10-26-39(37)43(40)31-17-5-2-6-18-31;1-3-13-29(14-4-1)30-25-27-32(28-26-30)43-39-23-10-8-18-37(39)41-34(19-12-24-40(41)43)36-21-11-20-35-33-17-7-9-22-38(33)44(42(35)36)31-15-5-2-6-16-31/h1-32H;2*1-28H. The Kier molecular flexibility index (Phi) is 19.9. The van der Waals surface area contributed by atoms with Crippen molar-refractivity contribution in [1.82, 2.24) is 27.4 Å². The lowest BCUT2D eigenvalue weighted by Gasteiger charge is -2.14. The number of fused-ring (bicyclic) bond motifs is 18. The fourth-order valence-corrected chi connectivity index (χ4v) is 22.0. The van der Waals surface area contributed by atoms with Gasteiger partial charge in [-0.25, -0.2) is 0 Å². The third kappa shape index (κ3) is 13.6. The van der Waals surface area contributed by atoms with Gasteiger partial charge < -0.3 is 27.4 Å². The zero-order chi connectivity index (χ0) is 91.1. The van der Waals surface area contributed by atoms with Gasteiger partial charge in [0.2, 0.25) is 0 Å². The Morgan fingerprint density at radius 2 is 0.290 bits per heavy atom. The number of benzene rings is 22. The summed E-state index contributed by atoms with van der Waals surface area (Å²) in [6, 6.07) is 193. The average molecular weight is 1760 g/mol. The minimum absolute atomic E-state index is 1.15. The summed E-state index contributed by atoms with van der Waals surface area (Å²) in [4.78, 5) is 0. The van der Waals surface area contributed by atoms with E-state index >= 15 is 0 Å². The molecule has 0 bridgehead atoms. The first-order valence-electron chi connectivity index (χ1n) is 47.5. The van der Waals surface area contributed by atoms with Crippen molar-refractivity contribution >= 4 is 131 Å². The van der Waals surface area contributed by atoms with Crippen molar-refractivity contribution < 1.29 is 0 Å². The molecule has 0 radical (unpaired) electrons. The SMILES string of the molecule is c1ccc(-c2ccc(-n3c4ccccc4c4c(-c5cccc6c7ccccc7n(-c7cccc(-c8ccccc8)c7)c56)cccc43)cc2)cc1.c1ccc(-c2ccc(-n3c4ccccc4c4c(-c5cccc6c7ccccc7n(-c7ccccc7)c56)cccc43)cc2)cc1.c1ccc(-c2cccc(-n3c4ccccc4c4cccc(-c5cccc6c5c5ccccc5n6-c5ccccc5)c43)c2)cc1. The third-order valence-corrected chi connectivity index (χ3v) is 28.0. The van der Waals surface area contributed by atoms with Crippen LogP contribution in [0.5, 0.6) is 0 Å². The number of hydrogen-bond donors (Lipinski definition) is 0. The topological polar surface area (TPSA) is 29.6 Å². The van der Waals surface area contributed by atoms with E-state index in [1.165, 1.54) is 220 Å². The van der Waals surface area contributed by atoms with Crippen LogP contribution in [0.1, 0.15) is 0 Å². The minimum atomic E-state index is 1.15. The first-order valence-corrected chi connectivity index (χ1v) is 47.5. The van der Waals surface area contributed by atoms with Gasteiger partial charge in [0, 0.05) is 115 Å². The monoisotopic (exact) mass is 1760 g/mol. The molecule has 6 aromatic heterocycles. The van der Waals surface area contributed by atoms with Crippen LogP contribution in [0.3, 0.4) is 0 Å². The maximum atomic E-state index is 2.47. The molecular formula is C132H88N6. The van der Waals surface area contributed by atoms with Crippen LogP contribution in [-0.2, 0) is 0 Å². The van der Waals surface area contributed by atoms with Gasteiger partial charge in [-0.3, -0.25) is 0 Å². The second-order valence-corrected chi connectivity index (χ2v) is 35.6. The van der Waals surface area contributed by atoms with E-state index in [2.05, 4.69) is 561 Å². The highest BCUT2D eigenvalue weighted by Gasteiger charge is 2.27. The van der Waals surface area contributed by atoms with Crippen LogP contribution in [0.4, 0.5) is 0 Å². The maximum Gasteiger partial charge on any atom is 0.0619 e. The molecule has 28 rings (SSSR count). The Hall–Kier alpha value is -18.4. The molecule has 0 atom stereocenters. The lowest BCUT2D eigenvalue weighted by Crippen LogP contribution is -1.96. The molecule has 22 aromatic carbocycles. The molecule has 6 heteroatoms. The summed E-state index contributed by atoms with van der Waals surface area (Å²) in [5, 5.41) is 15.1. The lowest BCUT2D eigenvalue weighted by atomic mass is 9.97. The van der Waals surface area contributed by atoms with Crippen LogP contribution in [0.25, 0.3) is 243 Å². The number of aromatic nitrogens is 6. The highest BCUT2D eigenvalue weighted by Crippen LogP contribution is 2.50. The minimum Gasteiger partial charge on any atom is -0.309 e. The predicted octanol–water partition coefficient (Wildman–Crippen LogP) is 35.3. The highest BCUT2D eigenvalue weighted by atomic mass is 15.0. The van der Waals surface area contributed by atoms with Gasteiger partial charge in [-0.2, -0.15) is 0 Å². The van der Waals surface area contributed by atoms with Crippen molar-refractivity contribution in [1.29, 1.82) is 0 Å². The van der Waals surface area contributed by atoms with Gasteiger partial charge in [0.15, 0.2) is 0 Å². The fourth-order valence-electron chi connectivity index (χ4n) is 22.0.